The Bertz CT molecular complexity index is 2160. The first-order valence-electron chi connectivity index (χ1n) is 20.4. The van der Waals surface area contributed by atoms with Crippen molar-refractivity contribution in [1.29, 1.82) is 0 Å². The van der Waals surface area contributed by atoms with Crippen LogP contribution in [0.3, 0.4) is 0 Å². The molecule has 5 aromatic rings. The average molecular weight is 788 g/mol. The molecule has 0 spiro atoms. The minimum absolute atomic E-state index is 0.0215. The van der Waals surface area contributed by atoms with Crippen molar-refractivity contribution in [2.75, 3.05) is 47.0 Å². The number of aryl methyl sites for hydroxylation is 1. The Hall–Kier alpha value is -6.38. The average Bonchev–Trinajstić information content (AvgIpc) is 3.38. The monoisotopic (exact) mass is 787 g/mol. The Morgan fingerprint density at radius 2 is 1.32 bits per heavy atom. The van der Waals surface area contributed by atoms with Gasteiger partial charge in [-0.1, -0.05) is 152 Å². The van der Waals surface area contributed by atoms with Gasteiger partial charge in [0.2, 0.25) is 5.91 Å². The van der Waals surface area contributed by atoms with E-state index in [1.807, 2.05) is 47.4 Å². The van der Waals surface area contributed by atoms with Crippen LogP contribution in [0.5, 0.6) is 11.5 Å². The summed E-state index contributed by atoms with van der Waals surface area (Å²) in [4.78, 5) is 29.3. The van der Waals surface area contributed by atoms with Gasteiger partial charge in [0, 0.05) is 44.4 Å². The van der Waals surface area contributed by atoms with Gasteiger partial charge in [0.1, 0.15) is 6.61 Å². The highest BCUT2D eigenvalue weighted by Gasteiger charge is 2.36. The molecule has 2 aliphatic carbocycles. The van der Waals surface area contributed by atoms with E-state index in [0.29, 0.717) is 37.6 Å². The number of rotatable bonds is 17. The molecule has 2 amide bonds. The lowest BCUT2D eigenvalue weighted by Crippen LogP contribution is -2.49. The number of alkyl carbamates (subject to hydrolysis) is 1. The van der Waals surface area contributed by atoms with Crippen LogP contribution >= 0.6 is 0 Å². The molecule has 8 heteroatoms. The number of benzene rings is 5. The van der Waals surface area contributed by atoms with Gasteiger partial charge in [-0.3, -0.25) is 10.1 Å². The van der Waals surface area contributed by atoms with Gasteiger partial charge in [-0.15, -0.1) is 0 Å². The fourth-order valence-electron chi connectivity index (χ4n) is 8.35. The third kappa shape index (κ3) is 9.67. The van der Waals surface area contributed by atoms with Crippen LogP contribution in [-0.2, 0) is 21.5 Å². The predicted octanol–water partition coefficient (Wildman–Crippen LogP) is 9.10. The lowest BCUT2D eigenvalue weighted by Gasteiger charge is -2.38. The first kappa shape index (κ1) is 40.8. The van der Waals surface area contributed by atoms with Crippen LogP contribution in [0.15, 0.2) is 169 Å². The summed E-state index contributed by atoms with van der Waals surface area (Å²) in [5, 5.41) is 6.85. The van der Waals surface area contributed by atoms with Gasteiger partial charge in [-0.2, -0.15) is 0 Å². The second kappa shape index (κ2) is 19.9. The number of ether oxygens (including phenoxy) is 3. The standard InChI is InChI=1S/C51H53N3O5/c1-57-47-30-26-38(36-48(47)58-2)27-31-49(55)54(34-32-52-50(56)59-37-46-40-17-13-12-16-39(28-29-40)44-24-14-15-25-45(44)46)35-33-53-51(41-18-6-3-7-19-41,42-20-8-4-9-21-42)43-22-10-5-11-23-43/h3-26,29-30,36,39,46,53H,27-28,31-35,37H2,1-2H3,(H,52,56)/b16-12-,17-13-. The summed E-state index contributed by atoms with van der Waals surface area (Å²) in [6, 6.07) is 45.4. The van der Waals surface area contributed by atoms with Crippen LogP contribution in [0.25, 0.3) is 0 Å². The number of fused-ring (bicyclic) bond motifs is 4. The first-order valence-corrected chi connectivity index (χ1v) is 20.4. The maximum atomic E-state index is 14.1. The van der Waals surface area contributed by atoms with Crippen LogP contribution in [0.1, 0.15) is 58.1 Å². The molecule has 2 atom stereocenters. The minimum Gasteiger partial charge on any atom is -0.493 e. The summed E-state index contributed by atoms with van der Waals surface area (Å²) in [6.07, 6.45) is 12.0. The number of amides is 2. The first-order chi connectivity index (χ1) is 29.0. The summed E-state index contributed by atoms with van der Waals surface area (Å²) in [5.41, 5.74) is 7.14. The van der Waals surface area contributed by atoms with Gasteiger partial charge in [0.05, 0.1) is 19.8 Å². The van der Waals surface area contributed by atoms with Crippen molar-refractivity contribution in [2.45, 2.75) is 36.6 Å². The molecule has 5 aromatic carbocycles. The lowest BCUT2D eigenvalue weighted by molar-refractivity contribution is -0.131. The molecule has 2 bridgehead atoms. The van der Waals surface area contributed by atoms with Crippen LogP contribution in [-0.4, -0.2) is 63.9 Å². The van der Waals surface area contributed by atoms with Gasteiger partial charge in [-0.25, -0.2) is 4.79 Å². The summed E-state index contributed by atoms with van der Waals surface area (Å²) in [7, 11) is 3.21. The largest absolute Gasteiger partial charge is 0.493 e. The van der Waals surface area contributed by atoms with Crippen molar-refractivity contribution in [3.8, 4) is 11.5 Å². The molecule has 7 rings (SSSR count). The zero-order valence-electron chi connectivity index (χ0n) is 33.9. The second-order valence-corrected chi connectivity index (χ2v) is 14.8. The molecule has 2 unspecified atom stereocenters. The number of allylic oxidation sites excluding steroid dienone is 5. The molecular weight excluding hydrogens is 735 g/mol. The predicted molar refractivity (Wildman–Crippen MR) is 234 cm³/mol. The highest BCUT2D eigenvalue weighted by atomic mass is 16.5. The Kier molecular flexibility index (Phi) is 13.7. The molecule has 8 nitrogen and oxygen atoms in total. The quantitative estimate of drug-likeness (QED) is 0.0915. The molecule has 2 N–H and O–H groups in total. The van der Waals surface area contributed by atoms with E-state index >= 15 is 0 Å². The van der Waals surface area contributed by atoms with Crippen molar-refractivity contribution >= 4 is 12.0 Å². The minimum atomic E-state index is -0.686. The van der Waals surface area contributed by atoms with Crippen molar-refractivity contribution in [2.24, 2.45) is 0 Å². The number of carbonyl (C=O) groups excluding carboxylic acids is 2. The molecule has 0 aromatic heterocycles. The molecule has 0 heterocycles. The third-order valence-electron chi connectivity index (χ3n) is 11.4. The third-order valence-corrected chi connectivity index (χ3v) is 11.4. The van der Waals surface area contributed by atoms with Gasteiger partial charge in [0.25, 0.3) is 0 Å². The summed E-state index contributed by atoms with van der Waals surface area (Å²) in [6.45, 7) is 1.64. The second-order valence-electron chi connectivity index (χ2n) is 14.8. The van der Waals surface area contributed by atoms with E-state index in [1.54, 1.807) is 14.2 Å². The fourth-order valence-corrected chi connectivity index (χ4v) is 8.35. The topological polar surface area (TPSA) is 89.1 Å². The van der Waals surface area contributed by atoms with E-state index in [1.165, 1.54) is 11.1 Å². The lowest BCUT2D eigenvalue weighted by atomic mass is 9.77. The normalized spacial score (nSPS) is 16.6. The van der Waals surface area contributed by atoms with E-state index in [0.717, 1.165) is 34.2 Å². The summed E-state index contributed by atoms with van der Waals surface area (Å²) >= 11 is 0. The number of methoxy groups -OCH3 is 2. The Morgan fingerprint density at radius 1 is 0.712 bits per heavy atom. The number of hydrogen-bond acceptors (Lipinski definition) is 6. The van der Waals surface area contributed by atoms with Crippen molar-refractivity contribution in [3.05, 3.63) is 203 Å². The maximum Gasteiger partial charge on any atom is 0.407 e. The molecule has 2 aliphatic rings. The van der Waals surface area contributed by atoms with Gasteiger partial charge < -0.3 is 24.4 Å². The van der Waals surface area contributed by atoms with Gasteiger partial charge >= 0.3 is 6.09 Å². The molecular formula is C51H53N3O5. The molecule has 302 valence electrons. The zero-order valence-corrected chi connectivity index (χ0v) is 33.9. The molecule has 0 fully saturated rings. The highest BCUT2D eigenvalue weighted by molar-refractivity contribution is 5.76. The van der Waals surface area contributed by atoms with E-state index in [-0.39, 0.29) is 37.3 Å². The molecule has 0 aliphatic heterocycles. The van der Waals surface area contributed by atoms with E-state index < -0.39 is 11.6 Å². The van der Waals surface area contributed by atoms with Crippen LogP contribution in [0.4, 0.5) is 4.79 Å². The summed E-state index contributed by atoms with van der Waals surface area (Å²) < 4.78 is 16.8. The summed E-state index contributed by atoms with van der Waals surface area (Å²) in [5.74, 6) is 1.45. The van der Waals surface area contributed by atoms with Gasteiger partial charge in [0.15, 0.2) is 11.5 Å². The number of nitrogens with one attached hydrogen (secondary N) is 2. The Labute approximate surface area is 348 Å². The van der Waals surface area contributed by atoms with Crippen molar-refractivity contribution < 1.29 is 23.8 Å². The number of hydrogen-bond donors (Lipinski definition) is 2. The van der Waals surface area contributed by atoms with E-state index in [2.05, 4.69) is 132 Å². The maximum absolute atomic E-state index is 14.1. The number of carbonyl (C=O) groups is 2. The van der Waals surface area contributed by atoms with Crippen LogP contribution in [0, 0.1) is 0 Å². The van der Waals surface area contributed by atoms with Crippen molar-refractivity contribution in [3.63, 3.8) is 0 Å². The zero-order chi connectivity index (χ0) is 40.9. The highest BCUT2D eigenvalue weighted by Crippen LogP contribution is 2.40. The van der Waals surface area contributed by atoms with Crippen LogP contribution < -0.4 is 20.1 Å². The molecule has 0 radical (unpaired) electrons. The molecule has 0 saturated carbocycles. The SMILES string of the molecule is COc1ccc(CCC(=O)N(CCNC(=O)OCC2C3=CCC(/C=C\C=C/3)c3ccccc32)CCNC(c2ccccc2)(c2ccccc2)c2ccccc2)cc1OC. The Balaban J connectivity index is 1.06. The number of nitrogens with zero attached hydrogens (tertiary/aromatic N) is 1. The molecule has 59 heavy (non-hydrogen) atoms. The van der Waals surface area contributed by atoms with E-state index in [4.69, 9.17) is 14.2 Å². The van der Waals surface area contributed by atoms with Gasteiger partial charge in [-0.05, 0) is 63.9 Å². The molecule has 0 saturated heterocycles. The smallest absolute Gasteiger partial charge is 0.407 e. The van der Waals surface area contributed by atoms with Crippen LogP contribution in [0.2, 0.25) is 0 Å². The fraction of sp³-hybridized carbons (Fsp3) is 0.255. The van der Waals surface area contributed by atoms with E-state index in [9.17, 15) is 9.59 Å². The van der Waals surface area contributed by atoms with Crippen molar-refractivity contribution in [1.82, 2.24) is 15.5 Å². The Morgan fingerprint density at radius 3 is 1.97 bits per heavy atom.